The van der Waals surface area contributed by atoms with E-state index in [1.807, 2.05) is 31.2 Å². The lowest BCUT2D eigenvalue weighted by Gasteiger charge is -2.05. The summed E-state index contributed by atoms with van der Waals surface area (Å²) in [5.74, 6) is -0.807. The quantitative estimate of drug-likeness (QED) is 0.330. The molecule has 10 heteroatoms. The minimum Gasteiger partial charge on any atom is -0.456 e. The van der Waals surface area contributed by atoms with Crippen molar-refractivity contribution in [2.45, 2.75) is 18.4 Å². The number of nitro benzene ring substituents is 1. The molecule has 0 radical (unpaired) electrons. The van der Waals surface area contributed by atoms with Crippen LogP contribution in [0.1, 0.15) is 21.6 Å². The molecule has 0 fully saturated rings. The first-order valence-electron chi connectivity index (χ1n) is 8.32. The lowest BCUT2D eigenvalue weighted by molar-refractivity contribution is -0.387. The zero-order valence-electron chi connectivity index (χ0n) is 15.5. The summed E-state index contributed by atoms with van der Waals surface area (Å²) >= 11 is 1.41. The molecule has 0 aliphatic rings. The summed E-state index contributed by atoms with van der Waals surface area (Å²) < 4.78 is 28.5. The highest BCUT2D eigenvalue weighted by Crippen LogP contribution is 2.26. The molecule has 150 valence electrons. The summed E-state index contributed by atoms with van der Waals surface area (Å²) in [7, 11) is -3.80. The molecule has 0 atom stereocenters. The van der Waals surface area contributed by atoms with Crippen molar-refractivity contribution < 1.29 is 22.9 Å². The van der Waals surface area contributed by atoms with Crippen molar-refractivity contribution in [2.75, 3.05) is 6.26 Å². The van der Waals surface area contributed by atoms with Gasteiger partial charge in [-0.25, -0.2) is 18.2 Å². The number of ether oxygens (including phenoxy) is 1. The Morgan fingerprint density at radius 3 is 2.52 bits per heavy atom. The molecule has 2 aromatic carbocycles. The van der Waals surface area contributed by atoms with E-state index >= 15 is 0 Å². The maximum Gasteiger partial charge on any atom is 0.338 e. The van der Waals surface area contributed by atoms with E-state index in [2.05, 4.69) is 4.98 Å². The molecule has 29 heavy (non-hydrogen) atoms. The number of nitrogens with zero attached hydrogens (tertiary/aromatic N) is 2. The third-order valence-electron chi connectivity index (χ3n) is 3.99. The topological polar surface area (TPSA) is 116 Å². The molecule has 3 aromatic rings. The van der Waals surface area contributed by atoms with Gasteiger partial charge in [-0.2, -0.15) is 0 Å². The van der Waals surface area contributed by atoms with Crippen LogP contribution in [-0.2, 0) is 21.2 Å². The predicted molar refractivity (Wildman–Crippen MR) is 108 cm³/mol. The van der Waals surface area contributed by atoms with E-state index in [1.54, 1.807) is 5.38 Å². The number of carbonyl (C=O) groups is 1. The molecule has 0 bridgehead atoms. The number of carbonyl (C=O) groups excluding carboxylic acids is 1. The molecule has 0 aliphatic carbocycles. The van der Waals surface area contributed by atoms with Crippen molar-refractivity contribution in [3.63, 3.8) is 0 Å². The highest BCUT2D eigenvalue weighted by atomic mass is 32.2. The maximum absolute atomic E-state index is 12.2. The Morgan fingerprint density at radius 1 is 1.21 bits per heavy atom. The number of hydrogen-bond donors (Lipinski definition) is 0. The van der Waals surface area contributed by atoms with Crippen molar-refractivity contribution in [1.29, 1.82) is 0 Å². The predicted octanol–water partition coefficient (Wildman–Crippen LogP) is 3.79. The van der Waals surface area contributed by atoms with Gasteiger partial charge in [0.05, 0.1) is 16.2 Å². The van der Waals surface area contributed by atoms with Gasteiger partial charge < -0.3 is 4.74 Å². The van der Waals surface area contributed by atoms with Crippen LogP contribution in [0, 0.1) is 17.0 Å². The monoisotopic (exact) mass is 432 g/mol. The van der Waals surface area contributed by atoms with Gasteiger partial charge in [0.25, 0.3) is 5.69 Å². The summed E-state index contributed by atoms with van der Waals surface area (Å²) in [5, 5.41) is 13.7. The average molecular weight is 432 g/mol. The number of thiazole rings is 1. The van der Waals surface area contributed by atoms with E-state index in [9.17, 15) is 23.3 Å². The number of benzene rings is 2. The van der Waals surface area contributed by atoms with Gasteiger partial charge in [0, 0.05) is 23.3 Å². The van der Waals surface area contributed by atoms with Gasteiger partial charge in [-0.1, -0.05) is 29.8 Å². The molecule has 1 aromatic heterocycles. The van der Waals surface area contributed by atoms with Crippen molar-refractivity contribution in [3.8, 4) is 10.6 Å². The summed E-state index contributed by atoms with van der Waals surface area (Å²) in [6, 6.07) is 11.0. The van der Waals surface area contributed by atoms with Crippen LogP contribution in [0.5, 0.6) is 0 Å². The summed E-state index contributed by atoms with van der Waals surface area (Å²) in [6.45, 7) is 1.88. The first kappa shape index (κ1) is 20.6. The van der Waals surface area contributed by atoms with Crippen LogP contribution in [-0.4, -0.2) is 30.6 Å². The summed E-state index contributed by atoms with van der Waals surface area (Å²) in [4.78, 5) is 26.5. The van der Waals surface area contributed by atoms with Crippen molar-refractivity contribution in [2.24, 2.45) is 0 Å². The van der Waals surface area contributed by atoms with Gasteiger partial charge in [0.1, 0.15) is 16.5 Å². The smallest absolute Gasteiger partial charge is 0.338 e. The summed E-state index contributed by atoms with van der Waals surface area (Å²) in [5.41, 5.74) is 1.84. The Morgan fingerprint density at radius 2 is 1.90 bits per heavy atom. The molecule has 0 amide bonds. The number of hydrogen-bond acceptors (Lipinski definition) is 8. The largest absolute Gasteiger partial charge is 0.456 e. The average Bonchev–Trinajstić information content (AvgIpc) is 3.14. The van der Waals surface area contributed by atoms with E-state index in [4.69, 9.17) is 4.74 Å². The molecule has 0 spiro atoms. The fraction of sp³-hybridized carbons (Fsp3) is 0.158. The van der Waals surface area contributed by atoms with Gasteiger partial charge in [0.2, 0.25) is 0 Å². The van der Waals surface area contributed by atoms with E-state index < -0.39 is 31.3 Å². The van der Waals surface area contributed by atoms with Crippen LogP contribution in [0.15, 0.2) is 52.7 Å². The van der Waals surface area contributed by atoms with Gasteiger partial charge in [-0.3, -0.25) is 10.1 Å². The molecule has 3 rings (SSSR count). The molecule has 0 unspecified atom stereocenters. The van der Waals surface area contributed by atoms with Crippen LogP contribution in [0.4, 0.5) is 5.69 Å². The Hall–Kier alpha value is -3.11. The molecule has 0 N–H and O–H groups in total. The highest BCUT2D eigenvalue weighted by Gasteiger charge is 2.24. The van der Waals surface area contributed by atoms with E-state index in [1.165, 1.54) is 17.4 Å². The fourth-order valence-electron chi connectivity index (χ4n) is 2.53. The highest BCUT2D eigenvalue weighted by molar-refractivity contribution is 7.90. The fourth-order valence-corrected chi connectivity index (χ4v) is 4.16. The number of rotatable bonds is 6. The van der Waals surface area contributed by atoms with Crippen LogP contribution in [0.2, 0.25) is 0 Å². The van der Waals surface area contributed by atoms with Gasteiger partial charge in [0.15, 0.2) is 9.84 Å². The minimum atomic E-state index is -3.80. The standard InChI is InChI=1S/C19H16N2O6S2/c1-12-3-5-13(6-4-12)18-20-15(11-28-18)10-27-19(22)14-7-8-17(29(2,25)26)16(9-14)21(23)24/h3-9,11H,10H2,1-2H3. The third kappa shape index (κ3) is 4.84. The zero-order valence-corrected chi connectivity index (χ0v) is 17.1. The molecular formula is C19H16N2O6S2. The number of sulfone groups is 1. The lowest BCUT2D eigenvalue weighted by atomic mass is 10.2. The second-order valence-electron chi connectivity index (χ2n) is 6.30. The van der Waals surface area contributed by atoms with Crippen LogP contribution in [0.25, 0.3) is 10.6 Å². The second-order valence-corrected chi connectivity index (χ2v) is 9.14. The number of aryl methyl sites for hydroxylation is 1. The Labute approximate surface area is 170 Å². The van der Waals surface area contributed by atoms with Crippen molar-refractivity contribution in [3.05, 3.63) is 74.8 Å². The van der Waals surface area contributed by atoms with Crippen molar-refractivity contribution in [1.82, 2.24) is 4.98 Å². The number of aromatic nitrogens is 1. The number of nitro groups is 1. The molecular weight excluding hydrogens is 416 g/mol. The first-order chi connectivity index (χ1) is 13.6. The maximum atomic E-state index is 12.2. The van der Waals surface area contributed by atoms with E-state index in [0.717, 1.165) is 34.5 Å². The van der Waals surface area contributed by atoms with Gasteiger partial charge in [-0.15, -0.1) is 11.3 Å². The minimum absolute atomic E-state index is 0.108. The molecule has 0 saturated heterocycles. The Balaban J connectivity index is 1.74. The SMILES string of the molecule is Cc1ccc(-c2nc(COC(=O)c3ccc(S(C)(=O)=O)c([N+](=O)[O-])c3)cs2)cc1. The first-order valence-corrected chi connectivity index (χ1v) is 11.1. The normalized spacial score (nSPS) is 11.2. The van der Waals surface area contributed by atoms with Crippen molar-refractivity contribution >= 4 is 32.8 Å². The van der Waals surface area contributed by atoms with E-state index in [0.29, 0.717) is 5.69 Å². The number of esters is 1. The zero-order chi connectivity index (χ0) is 21.2. The van der Waals surface area contributed by atoms with E-state index in [-0.39, 0.29) is 12.2 Å². The molecule has 1 heterocycles. The third-order valence-corrected chi connectivity index (χ3v) is 6.08. The van der Waals surface area contributed by atoms with Crippen LogP contribution >= 0.6 is 11.3 Å². The van der Waals surface area contributed by atoms with Crippen LogP contribution in [0.3, 0.4) is 0 Å². The molecule has 0 aliphatic heterocycles. The second kappa shape index (κ2) is 8.10. The van der Waals surface area contributed by atoms with Gasteiger partial charge >= 0.3 is 5.97 Å². The molecule has 0 saturated carbocycles. The lowest BCUT2D eigenvalue weighted by Crippen LogP contribution is -2.08. The Bertz CT molecular complexity index is 1180. The van der Waals surface area contributed by atoms with Crippen LogP contribution < -0.4 is 0 Å². The molecule has 8 nitrogen and oxygen atoms in total. The summed E-state index contributed by atoms with van der Waals surface area (Å²) in [6.07, 6.45) is 0.862. The Kier molecular flexibility index (Phi) is 5.76. The van der Waals surface area contributed by atoms with Gasteiger partial charge in [-0.05, 0) is 19.1 Å².